The van der Waals surface area contributed by atoms with Gasteiger partial charge in [-0.25, -0.2) is 0 Å². The van der Waals surface area contributed by atoms with Gasteiger partial charge in [0.2, 0.25) is 5.91 Å². The van der Waals surface area contributed by atoms with Crippen molar-refractivity contribution in [1.82, 2.24) is 10.2 Å². The highest BCUT2D eigenvalue weighted by molar-refractivity contribution is 5.77. The van der Waals surface area contributed by atoms with E-state index in [4.69, 9.17) is 9.47 Å². The zero-order valence-electron chi connectivity index (χ0n) is 9.83. The maximum Gasteiger partial charge on any atom is 0.248 e. The third kappa shape index (κ3) is 2.53. The highest BCUT2D eigenvalue weighted by Gasteiger charge is 2.38. The molecule has 0 unspecified atom stereocenters. The summed E-state index contributed by atoms with van der Waals surface area (Å²) in [7, 11) is 1.55. The molecule has 0 atom stereocenters. The number of carbonyl (C=O) groups excluding carboxylic acids is 1. The summed E-state index contributed by atoms with van der Waals surface area (Å²) in [5.74, 6) is 0.0729. The molecule has 5 heteroatoms. The number of piperidine rings is 1. The van der Waals surface area contributed by atoms with Gasteiger partial charge in [-0.3, -0.25) is 4.79 Å². The van der Waals surface area contributed by atoms with Crippen LogP contribution >= 0.6 is 0 Å². The Morgan fingerprint density at radius 3 is 2.94 bits per heavy atom. The Kier molecular flexibility index (Phi) is 3.78. The predicted octanol–water partition coefficient (Wildman–Crippen LogP) is -0.386. The van der Waals surface area contributed by atoms with Crippen LogP contribution in [0.1, 0.15) is 12.8 Å². The fraction of sp³-hybridized carbons (Fsp3) is 0.909. The zero-order valence-corrected chi connectivity index (χ0v) is 9.83. The van der Waals surface area contributed by atoms with E-state index >= 15 is 0 Å². The van der Waals surface area contributed by atoms with Crippen molar-refractivity contribution in [3.8, 4) is 0 Å². The van der Waals surface area contributed by atoms with Crippen LogP contribution in [0.2, 0.25) is 0 Å². The second kappa shape index (κ2) is 5.12. The Morgan fingerprint density at radius 1 is 1.50 bits per heavy atom. The molecule has 0 aromatic rings. The largest absolute Gasteiger partial charge is 0.375 e. The molecule has 92 valence electrons. The zero-order chi connectivity index (χ0) is 11.4. The molecule has 1 amide bonds. The van der Waals surface area contributed by atoms with E-state index < -0.39 is 0 Å². The molecule has 2 aliphatic heterocycles. The molecule has 0 bridgehead atoms. The van der Waals surface area contributed by atoms with E-state index in [-0.39, 0.29) is 18.1 Å². The monoisotopic (exact) mass is 228 g/mol. The van der Waals surface area contributed by atoms with Gasteiger partial charge in [0.25, 0.3) is 0 Å². The van der Waals surface area contributed by atoms with Crippen molar-refractivity contribution in [2.75, 3.05) is 46.5 Å². The number of hydrogen-bond donors (Lipinski definition) is 1. The summed E-state index contributed by atoms with van der Waals surface area (Å²) in [6, 6.07) is 0. The van der Waals surface area contributed by atoms with Crippen molar-refractivity contribution in [3.05, 3.63) is 0 Å². The molecular formula is C11H20N2O3. The van der Waals surface area contributed by atoms with Crippen LogP contribution in [0.15, 0.2) is 0 Å². The number of nitrogens with zero attached hydrogens (tertiary/aromatic N) is 1. The van der Waals surface area contributed by atoms with Crippen LogP contribution in [0.25, 0.3) is 0 Å². The first-order chi connectivity index (χ1) is 7.76. The minimum atomic E-state index is -0.104. The summed E-state index contributed by atoms with van der Waals surface area (Å²) in [6.45, 7) is 4.19. The fourth-order valence-electron chi connectivity index (χ4n) is 2.46. The van der Waals surface area contributed by atoms with Crippen molar-refractivity contribution in [2.45, 2.75) is 18.4 Å². The fourth-order valence-corrected chi connectivity index (χ4v) is 2.46. The molecule has 0 aliphatic carbocycles. The van der Waals surface area contributed by atoms with E-state index in [1.165, 1.54) is 0 Å². The van der Waals surface area contributed by atoms with Crippen molar-refractivity contribution < 1.29 is 14.3 Å². The molecular weight excluding hydrogens is 208 g/mol. The van der Waals surface area contributed by atoms with Gasteiger partial charge in [0.15, 0.2) is 0 Å². The number of amides is 1. The van der Waals surface area contributed by atoms with E-state index in [1.807, 2.05) is 4.90 Å². The SMILES string of the molecule is COCC(=O)N1CCOC2(CCNCC2)C1. The minimum Gasteiger partial charge on any atom is -0.375 e. The van der Waals surface area contributed by atoms with Gasteiger partial charge in [-0.1, -0.05) is 0 Å². The van der Waals surface area contributed by atoms with E-state index in [0.29, 0.717) is 13.2 Å². The number of nitrogens with one attached hydrogen (secondary N) is 1. The third-order valence-corrected chi connectivity index (χ3v) is 3.38. The van der Waals surface area contributed by atoms with Gasteiger partial charge in [0.1, 0.15) is 6.61 Å². The normalized spacial score (nSPS) is 24.7. The second-order valence-electron chi connectivity index (χ2n) is 4.53. The van der Waals surface area contributed by atoms with Crippen LogP contribution in [0.5, 0.6) is 0 Å². The molecule has 0 aromatic carbocycles. The number of rotatable bonds is 2. The van der Waals surface area contributed by atoms with Crippen molar-refractivity contribution in [3.63, 3.8) is 0 Å². The smallest absolute Gasteiger partial charge is 0.248 e. The third-order valence-electron chi connectivity index (χ3n) is 3.38. The predicted molar refractivity (Wildman–Crippen MR) is 59.2 cm³/mol. The van der Waals surface area contributed by atoms with Gasteiger partial charge in [-0.2, -0.15) is 0 Å². The molecule has 2 rings (SSSR count). The van der Waals surface area contributed by atoms with Gasteiger partial charge in [0.05, 0.1) is 12.2 Å². The molecule has 0 saturated carbocycles. The quantitative estimate of drug-likeness (QED) is 0.699. The van der Waals surface area contributed by atoms with Gasteiger partial charge in [-0.05, 0) is 25.9 Å². The lowest BCUT2D eigenvalue weighted by molar-refractivity contribution is -0.158. The lowest BCUT2D eigenvalue weighted by Gasteiger charge is -2.45. The number of hydrogen-bond acceptors (Lipinski definition) is 4. The molecule has 16 heavy (non-hydrogen) atoms. The first kappa shape index (κ1) is 11.8. The molecule has 0 radical (unpaired) electrons. The Balaban J connectivity index is 1.94. The van der Waals surface area contributed by atoms with Crippen molar-refractivity contribution in [1.29, 1.82) is 0 Å². The molecule has 1 N–H and O–H groups in total. The maximum atomic E-state index is 11.8. The Hall–Kier alpha value is -0.650. The molecule has 1 spiro atoms. The van der Waals surface area contributed by atoms with E-state index in [1.54, 1.807) is 7.11 Å². The summed E-state index contributed by atoms with van der Waals surface area (Å²) in [4.78, 5) is 13.6. The number of methoxy groups -OCH3 is 1. The standard InChI is InChI=1S/C11H20N2O3/c1-15-8-10(14)13-6-7-16-11(9-13)2-4-12-5-3-11/h12H,2-9H2,1H3. The summed E-state index contributed by atoms with van der Waals surface area (Å²) >= 11 is 0. The van der Waals surface area contributed by atoms with Crippen LogP contribution < -0.4 is 5.32 Å². The van der Waals surface area contributed by atoms with Gasteiger partial charge < -0.3 is 19.7 Å². The first-order valence-corrected chi connectivity index (χ1v) is 5.87. The van der Waals surface area contributed by atoms with Crippen molar-refractivity contribution >= 4 is 5.91 Å². The molecule has 5 nitrogen and oxygen atoms in total. The second-order valence-corrected chi connectivity index (χ2v) is 4.53. The average molecular weight is 228 g/mol. The van der Waals surface area contributed by atoms with Gasteiger partial charge in [0, 0.05) is 20.2 Å². The molecule has 2 saturated heterocycles. The minimum absolute atomic E-state index is 0.0729. The topological polar surface area (TPSA) is 50.8 Å². The van der Waals surface area contributed by atoms with E-state index in [0.717, 1.165) is 32.5 Å². The summed E-state index contributed by atoms with van der Waals surface area (Å²) in [6.07, 6.45) is 1.98. The molecule has 2 heterocycles. The van der Waals surface area contributed by atoms with Gasteiger partial charge >= 0.3 is 0 Å². The van der Waals surface area contributed by atoms with Crippen LogP contribution in [0.4, 0.5) is 0 Å². The van der Waals surface area contributed by atoms with E-state index in [9.17, 15) is 4.79 Å². The lowest BCUT2D eigenvalue weighted by Crippen LogP contribution is -2.57. The highest BCUT2D eigenvalue weighted by Crippen LogP contribution is 2.27. The van der Waals surface area contributed by atoms with Crippen LogP contribution in [0, 0.1) is 0 Å². The summed E-state index contributed by atoms with van der Waals surface area (Å²) in [5.41, 5.74) is -0.104. The average Bonchev–Trinajstić information content (AvgIpc) is 2.30. The van der Waals surface area contributed by atoms with Crippen molar-refractivity contribution in [2.24, 2.45) is 0 Å². The Bertz CT molecular complexity index is 246. The Labute approximate surface area is 96.1 Å². The summed E-state index contributed by atoms with van der Waals surface area (Å²) < 4.78 is 10.8. The molecule has 2 aliphatic rings. The number of morpholine rings is 1. The van der Waals surface area contributed by atoms with Crippen LogP contribution in [-0.4, -0.2) is 62.9 Å². The molecule has 0 aromatic heterocycles. The first-order valence-electron chi connectivity index (χ1n) is 5.87. The number of ether oxygens (including phenoxy) is 2. The summed E-state index contributed by atoms with van der Waals surface area (Å²) in [5, 5.41) is 3.32. The lowest BCUT2D eigenvalue weighted by atomic mass is 9.90. The molecule has 2 fully saturated rings. The van der Waals surface area contributed by atoms with Crippen LogP contribution in [0.3, 0.4) is 0 Å². The number of carbonyl (C=O) groups is 1. The Morgan fingerprint density at radius 2 is 2.25 bits per heavy atom. The highest BCUT2D eigenvalue weighted by atomic mass is 16.5. The van der Waals surface area contributed by atoms with E-state index in [2.05, 4.69) is 5.32 Å². The maximum absolute atomic E-state index is 11.8. The van der Waals surface area contributed by atoms with Gasteiger partial charge in [-0.15, -0.1) is 0 Å². The van der Waals surface area contributed by atoms with Crippen LogP contribution in [-0.2, 0) is 14.3 Å².